The number of non-ortho nitro benzene ring substituents is 1. The fraction of sp³-hybridized carbons (Fsp3) is 0. The molecule has 0 saturated carbocycles. The minimum atomic E-state index is -0.611. The van der Waals surface area contributed by atoms with Crippen LogP contribution < -0.4 is 10.2 Å². The van der Waals surface area contributed by atoms with Gasteiger partial charge in [-0.15, -0.1) is 5.10 Å². The number of amides is 3. The van der Waals surface area contributed by atoms with Crippen LogP contribution in [0.15, 0.2) is 84.9 Å². The van der Waals surface area contributed by atoms with Crippen molar-refractivity contribution >= 4 is 41.4 Å². The number of carbonyl (C=O) groups excluding carboxylic acids is 3. The van der Waals surface area contributed by atoms with Crippen LogP contribution >= 0.6 is 0 Å². The molecule has 2 heterocycles. The van der Waals surface area contributed by atoms with E-state index in [1.807, 2.05) is 0 Å². The molecule has 3 aromatic carbocycles. The van der Waals surface area contributed by atoms with Gasteiger partial charge < -0.3 is 0 Å². The van der Waals surface area contributed by atoms with E-state index >= 15 is 0 Å². The Morgan fingerprint density at radius 3 is 2.25 bits per heavy atom. The molecule has 0 atom stereocenters. The van der Waals surface area contributed by atoms with Gasteiger partial charge in [-0.05, 0) is 35.9 Å². The normalized spacial score (nSPS) is 12.7. The maximum absolute atomic E-state index is 13.0. The topological polar surface area (TPSA) is 140 Å². The summed E-state index contributed by atoms with van der Waals surface area (Å²) in [4.78, 5) is 54.2. The van der Waals surface area contributed by atoms with E-state index in [0.717, 1.165) is 4.90 Å². The number of hydrogen-bond acceptors (Lipinski definition) is 7. The predicted octanol–water partition coefficient (Wildman–Crippen LogP) is 3.63. The van der Waals surface area contributed by atoms with Crippen molar-refractivity contribution in [3.05, 3.63) is 112 Å². The van der Waals surface area contributed by atoms with Crippen molar-refractivity contribution in [3.8, 4) is 5.69 Å². The molecule has 11 heteroatoms. The van der Waals surface area contributed by atoms with E-state index in [2.05, 4.69) is 15.4 Å². The fourth-order valence-corrected chi connectivity index (χ4v) is 3.68. The third-order valence-corrected chi connectivity index (χ3v) is 5.33. The van der Waals surface area contributed by atoms with Crippen LogP contribution in [0.1, 0.15) is 26.3 Å². The smallest absolute Gasteiger partial charge is 0.270 e. The number of hydrogen-bond donors (Lipinski definition) is 1. The zero-order chi connectivity index (χ0) is 25.2. The summed E-state index contributed by atoms with van der Waals surface area (Å²) in [6.07, 6.45) is 2.57. The van der Waals surface area contributed by atoms with Gasteiger partial charge in [-0.3, -0.25) is 29.8 Å². The molecular weight excluding hydrogens is 464 g/mol. The number of aromatic nitrogens is 3. The minimum Gasteiger partial charge on any atom is -0.290 e. The van der Waals surface area contributed by atoms with Gasteiger partial charge in [-0.1, -0.05) is 42.5 Å². The van der Waals surface area contributed by atoms with Crippen molar-refractivity contribution < 1.29 is 19.3 Å². The van der Waals surface area contributed by atoms with Crippen molar-refractivity contribution in [1.82, 2.24) is 14.8 Å². The molecule has 0 saturated heterocycles. The molecule has 1 aliphatic heterocycles. The van der Waals surface area contributed by atoms with E-state index in [0.29, 0.717) is 11.3 Å². The van der Waals surface area contributed by atoms with Gasteiger partial charge in [0.05, 0.1) is 21.7 Å². The first-order chi connectivity index (χ1) is 17.4. The van der Waals surface area contributed by atoms with E-state index in [-0.39, 0.29) is 28.7 Å². The first-order valence-electron chi connectivity index (χ1n) is 10.7. The average Bonchev–Trinajstić information content (AvgIpc) is 3.41. The molecule has 1 N–H and O–H groups in total. The molecule has 1 aliphatic rings. The first kappa shape index (κ1) is 22.3. The number of rotatable bonds is 6. The van der Waals surface area contributed by atoms with E-state index in [9.17, 15) is 24.5 Å². The lowest BCUT2D eigenvalue weighted by molar-refractivity contribution is -0.384. The van der Waals surface area contributed by atoms with Gasteiger partial charge in [-0.25, -0.2) is 4.90 Å². The van der Waals surface area contributed by atoms with Crippen molar-refractivity contribution in [2.75, 3.05) is 10.2 Å². The number of imide groups is 1. The SMILES string of the molecule is O=C(C=Cc1cccc([N+](=O)[O-])c1)Nc1nc(N2C(=O)c3ccccc3C2=O)n(-c2ccccc2)n1. The molecule has 0 fully saturated rings. The van der Waals surface area contributed by atoms with Crippen LogP contribution in [-0.4, -0.2) is 37.4 Å². The second-order valence-corrected chi connectivity index (χ2v) is 7.65. The number of carbonyl (C=O) groups is 3. The Kier molecular flexibility index (Phi) is 5.63. The molecular formula is C25H16N6O5. The highest BCUT2D eigenvalue weighted by atomic mass is 16.6. The lowest BCUT2D eigenvalue weighted by Crippen LogP contribution is -2.32. The number of anilines is 2. The number of fused-ring (bicyclic) bond motifs is 1. The van der Waals surface area contributed by atoms with E-state index in [1.54, 1.807) is 60.7 Å². The molecule has 11 nitrogen and oxygen atoms in total. The highest BCUT2D eigenvalue weighted by Gasteiger charge is 2.39. The average molecular weight is 480 g/mol. The number of nitro benzene ring substituents is 1. The standard InChI is InChI=1S/C25H16N6O5/c32-21(14-13-16-7-6-10-18(15-16)31(35)36)26-24-27-25(30(28-24)17-8-2-1-3-9-17)29-22(33)19-11-4-5-12-20(19)23(29)34/h1-15H,(H,26,28,32). The Morgan fingerprint density at radius 1 is 0.917 bits per heavy atom. The summed E-state index contributed by atoms with van der Waals surface area (Å²) in [6, 6.07) is 21.0. The van der Waals surface area contributed by atoms with Crippen LogP contribution in [-0.2, 0) is 4.79 Å². The summed E-state index contributed by atoms with van der Waals surface area (Å²) in [6.45, 7) is 0. The fourth-order valence-electron chi connectivity index (χ4n) is 3.68. The molecule has 36 heavy (non-hydrogen) atoms. The summed E-state index contributed by atoms with van der Waals surface area (Å²) in [5, 5.41) is 17.7. The second kappa shape index (κ2) is 9.06. The molecule has 0 bridgehead atoms. The highest BCUT2D eigenvalue weighted by molar-refractivity contribution is 6.34. The number of nitrogens with one attached hydrogen (secondary N) is 1. The summed E-state index contributed by atoms with van der Waals surface area (Å²) >= 11 is 0. The van der Waals surface area contributed by atoms with Crippen LogP contribution in [0.4, 0.5) is 17.6 Å². The Bertz CT molecular complexity index is 1530. The van der Waals surface area contributed by atoms with E-state index in [4.69, 9.17) is 0 Å². The molecule has 4 aromatic rings. The Hall–Kier alpha value is -5.45. The highest BCUT2D eigenvalue weighted by Crippen LogP contribution is 2.29. The maximum Gasteiger partial charge on any atom is 0.270 e. The quantitative estimate of drug-likeness (QED) is 0.192. The largest absolute Gasteiger partial charge is 0.290 e. The van der Waals surface area contributed by atoms with E-state index in [1.165, 1.54) is 35.0 Å². The predicted molar refractivity (Wildman–Crippen MR) is 130 cm³/mol. The Morgan fingerprint density at radius 2 is 1.58 bits per heavy atom. The van der Waals surface area contributed by atoms with Crippen molar-refractivity contribution in [1.29, 1.82) is 0 Å². The van der Waals surface area contributed by atoms with Crippen LogP contribution in [0.25, 0.3) is 11.8 Å². The summed E-state index contributed by atoms with van der Waals surface area (Å²) in [5.41, 5.74) is 1.36. The Labute approximate surface area is 203 Å². The molecule has 0 unspecified atom stereocenters. The van der Waals surface area contributed by atoms with Gasteiger partial charge in [0.15, 0.2) is 0 Å². The van der Waals surface area contributed by atoms with Gasteiger partial charge in [0.2, 0.25) is 5.95 Å². The summed E-state index contributed by atoms with van der Waals surface area (Å²) < 4.78 is 1.29. The third kappa shape index (κ3) is 4.12. The minimum absolute atomic E-state index is 0.0784. The van der Waals surface area contributed by atoms with Gasteiger partial charge in [0.25, 0.3) is 29.4 Å². The van der Waals surface area contributed by atoms with Crippen LogP contribution in [0, 0.1) is 10.1 Å². The number of para-hydroxylation sites is 1. The van der Waals surface area contributed by atoms with Gasteiger partial charge in [0.1, 0.15) is 0 Å². The molecule has 3 amide bonds. The number of nitrogens with zero attached hydrogens (tertiary/aromatic N) is 5. The molecule has 5 rings (SSSR count). The van der Waals surface area contributed by atoms with E-state index < -0.39 is 22.6 Å². The molecule has 0 spiro atoms. The molecule has 1 aromatic heterocycles. The zero-order valence-electron chi connectivity index (χ0n) is 18.4. The molecule has 0 radical (unpaired) electrons. The monoisotopic (exact) mass is 480 g/mol. The van der Waals surface area contributed by atoms with Crippen LogP contribution in [0.5, 0.6) is 0 Å². The van der Waals surface area contributed by atoms with Crippen molar-refractivity contribution in [2.24, 2.45) is 0 Å². The first-order valence-corrected chi connectivity index (χ1v) is 10.7. The van der Waals surface area contributed by atoms with Gasteiger partial charge in [-0.2, -0.15) is 9.67 Å². The maximum atomic E-state index is 13.0. The number of nitro groups is 1. The lowest BCUT2D eigenvalue weighted by Gasteiger charge is -2.13. The zero-order valence-corrected chi connectivity index (χ0v) is 18.4. The van der Waals surface area contributed by atoms with Crippen molar-refractivity contribution in [2.45, 2.75) is 0 Å². The van der Waals surface area contributed by atoms with Crippen LogP contribution in [0.2, 0.25) is 0 Å². The van der Waals surface area contributed by atoms with Crippen LogP contribution in [0.3, 0.4) is 0 Å². The lowest BCUT2D eigenvalue weighted by atomic mass is 10.1. The molecule has 0 aliphatic carbocycles. The summed E-state index contributed by atoms with van der Waals surface area (Å²) in [7, 11) is 0. The molecule has 176 valence electrons. The Balaban J connectivity index is 1.46. The van der Waals surface area contributed by atoms with Gasteiger partial charge in [0, 0.05) is 18.2 Å². The number of benzene rings is 3. The second-order valence-electron chi connectivity index (χ2n) is 7.65. The third-order valence-electron chi connectivity index (χ3n) is 5.33. The van der Waals surface area contributed by atoms with Gasteiger partial charge >= 0.3 is 0 Å². The summed E-state index contributed by atoms with van der Waals surface area (Å²) in [5.74, 6) is -1.93. The van der Waals surface area contributed by atoms with Crippen molar-refractivity contribution in [3.63, 3.8) is 0 Å².